The first kappa shape index (κ1) is 31.9. The van der Waals surface area contributed by atoms with Gasteiger partial charge in [-0.2, -0.15) is 0 Å². The fourth-order valence-corrected chi connectivity index (χ4v) is 6.86. The van der Waals surface area contributed by atoms with Gasteiger partial charge in [-0.05, 0) is 48.0 Å². The predicted octanol–water partition coefficient (Wildman–Crippen LogP) is 5.32. The molecule has 5 aromatic rings. The van der Waals surface area contributed by atoms with Crippen molar-refractivity contribution in [2.24, 2.45) is 0 Å². The van der Waals surface area contributed by atoms with Crippen molar-refractivity contribution in [3.05, 3.63) is 137 Å². The number of nitrogens with zero attached hydrogens (tertiary/aromatic N) is 3. The maximum Gasteiger partial charge on any atom is 0.243 e. The molecule has 0 bridgehead atoms. The molecule has 3 heterocycles. The third-order valence-electron chi connectivity index (χ3n) is 8.21. The van der Waals surface area contributed by atoms with Gasteiger partial charge in [-0.15, -0.1) is 0 Å². The number of likely N-dealkylation sites (N-methyl/N-ethyl adjacent to an activating group) is 1. The number of hydrogen-bond acceptors (Lipinski definition) is 8. The lowest BCUT2D eigenvalue weighted by molar-refractivity contribution is -0.252. The Hall–Kier alpha value is -4.03. The van der Waals surface area contributed by atoms with Crippen LogP contribution in [0.3, 0.4) is 0 Å². The fourth-order valence-electron chi connectivity index (χ4n) is 5.67. The maximum absolute atomic E-state index is 13.2. The Balaban J connectivity index is 1.14. The molecule has 0 radical (unpaired) electrons. The van der Waals surface area contributed by atoms with E-state index in [2.05, 4.69) is 26.6 Å². The van der Waals surface area contributed by atoms with Crippen LogP contribution in [0.5, 0.6) is 0 Å². The zero-order valence-electron chi connectivity index (χ0n) is 25.7. The summed E-state index contributed by atoms with van der Waals surface area (Å²) < 4.78 is 42.1. The van der Waals surface area contributed by atoms with Gasteiger partial charge in [0.05, 0.1) is 24.3 Å². The number of aliphatic hydroxyl groups is 1. The third kappa shape index (κ3) is 7.84. The van der Waals surface area contributed by atoms with Crippen LogP contribution in [-0.2, 0) is 39.1 Å². The van der Waals surface area contributed by atoms with E-state index in [0.717, 1.165) is 52.8 Å². The van der Waals surface area contributed by atoms with Gasteiger partial charge in [-0.1, -0.05) is 72.8 Å². The van der Waals surface area contributed by atoms with Crippen molar-refractivity contribution in [2.75, 3.05) is 20.1 Å². The Kier molecular flexibility index (Phi) is 10.1. The van der Waals surface area contributed by atoms with Crippen LogP contribution in [0.2, 0.25) is 0 Å². The molecule has 1 fully saturated rings. The fraction of sp³-hybridized carbons (Fsp3) is 0.278. The average Bonchev–Trinajstić information content (AvgIpc) is 3.10. The summed E-state index contributed by atoms with van der Waals surface area (Å²) in [6.45, 7) is 1.68. The normalized spacial score (nSPS) is 18.6. The maximum atomic E-state index is 13.2. The smallest absolute Gasteiger partial charge is 0.243 e. The van der Waals surface area contributed by atoms with Crippen molar-refractivity contribution < 1.29 is 23.0 Å². The third-order valence-corrected chi connectivity index (χ3v) is 9.64. The zero-order chi connectivity index (χ0) is 31.9. The molecule has 3 aromatic carbocycles. The number of fused-ring (bicyclic) bond motifs is 1. The van der Waals surface area contributed by atoms with Crippen LogP contribution in [-0.4, -0.2) is 54.6 Å². The summed E-state index contributed by atoms with van der Waals surface area (Å²) in [6, 6.07) is 30.2. The first-order chi connectivity index (χ1) is 22.4. The topological polar surface area (TPSA) is 114 Å². The largest absolute Gasteiger partial charge is 0.392 e. The summed E-state index contributed by atoms with van der Waals surface area (Å²) in [4.78, 5) is 11.1. The molecule has 46 heavy (non-hydrogen) atoms. The van der Waals surface area contributed by atoms with Crippen LogP contribution in [0.25, 0.3) is 10.9 Å². The molecule has 1 saturated heterocycles. The summed E-state index contributed by atoms with van der Waals surface area (Å²) in [5.74, 6) is 0. The van der Waals surface area contributed by atoms with Crippen molar-refractivity contribution in [1.29, 1.82) is 0 Å². The van der Waals surface area contributed by atoms with Crippen LogP contribution in [0.4, 0.5) is 0 Å². The summed E-state index contributed by atoms with van der Waals surface area (Å²) in [5, 5.41) is 10.3. The molecule has 0 spiro atoms. The average molecular weight is 639 g/mol. The van der Waals surface area contributed by atoms with Crippen LogP contribution in [0.1, 0.15) is 46.8 Å². The predicted molar refractivity (Wildman–Crippen MR) is 176 cm³/mol. The minimum Gasteiger partial charge on any atom is -0.392 e. The molecular formula is C36H38N4O5S. The van der Waals surface area contributed by atoms with Gasteiger partial charge >= 0.3 is 0 Å². The number of aromatic nitrogens is 2. The number of sulfonamides is 1. The number of para-hydroxylation sites is 1. The molecule has 0 aliphatic carbocycles. The number of rotatable bonds is 12. The van der Waals surface area contributed by atoms with Crippen LogP contribution >= 0.6 is 0 Å². The van der Waals surface area contributed by atoms with Gasteiger partial charge in [-0.25, -0.2) is 13.1 Å². The molecule has 238 valence electrons. The number of aliphatic hydroxyl groups excluding tert-OH is 1. The molecule has 10 heteroatoms. The Morgan fingerprint density at radius 1 is 0.848 bits per heavy atom. The molecule has 1 aliphatic rings. The highest BCUT2D eigenvalue weighted by molar-refractivity contribution is 7.89. The molecular weight excluding hydrogens is 600 g/mol. The Bertz CT molecular complexity index is 1830. The molecule has 6 rings (SSSR count). The van der Waals surface area contributed by atoms with E-state index in [1.165, 1.54) is 0 Å². The van der Waals surface area contributed by atoms with E-state index in [0.29, 0.717) is 11.9 Å². The molecule has 0 saturated carbocycles. The van der Waals surface area contributed by atoms with Gasteiger partial charge in [0.15, 0.2) is 6.29 Å². The van der Waals surface area contributed by atoms with E-state index in [4.69, 9.17) is 9.47 Å². The van der Waals surface area contributed by atoms with E-state index in [1.54, 1.807) is 24.4 Å². The van der Waals surface area contributed by atoms with Gasteiger partial charge in [0.2, 0.25) is 10.0 Å². The lowest BCUT2D eigenvalue weighted by atomic mass is 9.99. The van der Waals surface area contributed by atoms with E-state index in [1.807, 2.05) is 85.1 Å². The zero-order valence-corrected chi connectivity index (χ0v) is 26.5. The summed E-state index contributed by atoms with van der Waals surface area (Å²) in [7, 11) is -1.70. The number of hydrogen-bond donors (Lipinski definition) is 2. The van der Waals surface area contributed by atoms with Crippen molar-refractivity contribution in [3.8, 4) is 0 Å². The SMILES string of the molecule is CN(CCc1ccccn1)CC1CC(c2ccc(CO)cc2)OC(c2ccc(CNS(=O)(=O)c3cccc4cccnc34)cc2)O1. The van der Waals surface area contributed by atoms with E-state index in [-0.39, 0.29) is 30.3 Å². The highest BCUT2D eigenvalue weighted by Crippen LogP contribution is 2.38. The molecule has 9 nitrogen and oxygen atoms in total. The van der Waals surface area contributed by atoms with Gasteiger partial charge in [0, 0.05) is 61.5 Å². The number of benzene rings is 3. The van der Waals surface area contributed by atoms with Crippen molar-refractivity contribution in [2.45, 2.75) is 49.4 Å². The molecule has 1 aliphatic heterocycles. The molecule has 3 atom stereocenters. The molecule has 0 amide bonds. The van der Waals surface area contributed by atoms with Crippen molar-refractivity contribution >= 4 is 20.9 Å². The highest BCUT2D eigenvalue weighted by atomic mass is 32.2. The minimum absolute atomic E-state index is 0.0113. The first-order valence-electron chi connectivity index (χ1n) is 15.4. The quantitative estimate of drug-likeness (QED) is 0.189. The number of ether oxygens (including phenoxy) is 2. The molecule has 2 N–H and O–H groups in total. The minimum atomic E-state index is -3.79. The second kappa shape index (κ2) is 14.6. The van der Waals surface area contributed by atoms with Crippen LogP contribution in [0.15, 0.2) is 114 Å². The van der Waals surface area contributed by atoms with E-state index >= 15 is 0 Å². The monoisotopic (exact) mass is 638 g/mol. The summed E-state index contributed by atoms with van der Waals surface area (Å²) in [5.41, 5.74) is 5.03. The van der Waals surface area contributed by atoms with E-state index < -0.39 is 16.3 Å². The summed E-state index contributed by atoms with van der Waals surface area (Å²) in [6.07, 6.45) is 4.06. The summed E-state index contributed by atoms with van der Waals surface area (Å²) >= 11 is 0. The second-order valence-electron chi connectivity index (χ2n) is 11.6. The van der Waals surface area contributed by atoms with Gasteiger partial charge in [0.25, 0.3) is 0 Å². The molecule has 2 aromatic heterocycles. The number of nitrogens with one attached hydrogen (secondary N) is 1. The number of pyridine rings is 2. The lowest BCUT2D eigenvalue weighted by Crippen LogP contribution is -2.38. The lowest BCUT2D eigenvalue weighted by Gasteiger charge is -2.38. The van der Waals surface area contributed by atoms with Crippen LogP contribution in [0, 0.1) is 0 Å². The van der Waals surface area contributed by atoms with Crippen molar-refractivity contribution in [3.63, 3.8) is 0 Å². The Labute approximate surface area is 269 Å². The highest BCUT2D eigenvalue weighted by Gasteiger charge is 2.32. The first-order valence-corrected chi connectivity index (χ1v) is 16.9. The van der Waals surface area contributed by atoms with Crippen molar-refractivity contribution in [1.82, 2.24) is 19.6 Å². The standard InChI is InChI=1S/C36H38N4O5S/c1-40(21-18-31-8-2-3-19-37-31)24-32-22-33(28-14-12-27(25-41)13-15-28)45-36(44-32)30-16-10-26(11-17-30)23-39-46(42,43)34-9-4-6-29-7-5-20-38-35(29)34/h2-17,19-20,32-33,36,39,41H,18,21-25H2,1H3. The van der Waals surface area contributed by atoms with Gasteiger partial charge in [0.1, 0.15) is 4.90 Å². The Morgan fingerprint density at radius 2 is 1.59 bits per heavy atom. The van der Waals surface area contributed by atoms with Gasteiger partial charge < -0.3 is 19.5 Å². The van der Waals surface area contributed by atoms with Gasteiger partial charge in [-0.3, -0.25) is 9.97 Å². The second-order valence-corrected chi connectivity index (χ2v) is 13.3. The van der Waals surface area contributed by atoms with E-state index in [9.17, 15) is 13.5 Å². The Morgan fingerprint density at radius 3 is 2.35 bits per heavy atom. The molecule has 3 unspecified atom stereocenters. The van der Waals surface area contributed by atoms with Crippen LogP contribution < -0.4 is 4.72 Å².